The Balaban J connectivity index is 2.68. The molecule has 0 aliphatic rings. The van der Waals surface area contributed by atoms with Gasteiger partial charge in [-0.25, -0.2) is 0 Å². The molecule has 0 unspecified atom stereocenters. The average molecular weight is 278 g/mol. The summed E-state index contributed by atoms with van der Waals surface area (Å²) < 4.78 is 27.0. The second kappa shape index (κ2) is 5.45. The number of thiophene rings is 1. The summed E-state index contributed by atoms with van der Waals surface area (Å²) >= 11 is 1.46. The van der Waals surface area contributed by atoms with Crippen LogP contribution in [0.2, 0.25) is 0 Å². The van der Waals surface area contributed by atoms with Gasteiger partial charge in [-0.1, -0.05) is 6.92 Å². The van der Waals surface area contributed by atoms with Crippen LogP contribution in [0.4, 0.5) is 0 Å². The summed E-state index contributed by atoms with van der Waals surface area (Å²) in [6, 6.07) is 1.78. The van der Waals surface area contributed by atoms with Crippen molar-refractivity contribution in [3.8, 4) is 0 Å². The largest absolute Gasteiger partial charge is 0.384 e. The molecule has 2 N–H and O–H groups in total. The fourth-order valence-corrected chi connectivity index (χ4v) is 2.99. The highest BCUT2D eigenvalue weighted by Crippen LogP contribution is 2.22. The highest BCUT2D eigenvalue weighted by atomic mass is 32.2. The van der Waals surface area contributed by atoms with Crippen LogP contribution in [-0.4, -0.2) is 38.0 Å². The van der Waals surface area contributed by atoms with Crippen molar-refractivity contribution in [1.82, 2.24) is 9.03 Å². The van der Waals surface area contributed by atoms with Gasteiger partial charge in [-0.05, 0) is 29.3 Å². The lowest BCUT2D eigenvalue weighted by Crippen LogP contribution is -2.44. The van der Waals surface area contributed by atoms with Crippen molar-refractivity contribution in [3.63, 3.8) is 0 Å². The minimum atomic E-state index is -3.51. The number of nitrogens with one attached hydrogen (secondary N) is 1. The number of hydrogen-bond acceptors (Lipinski definition) is 4. The quantitative estimate of drug-likeness (QED) is 0.806. The molecule has 0 aliphatic heterocycles. The molecule has 0 aromatic carbocycles. The Bertz CT molecular complexity index is 440. The Morgan fingerprint density at radius 1 is 1.59 bits per heavy atom. The van der Waals surface area contributed by atoms with Crippen LogP contribution in [0, 0.1) is 0 Å². The van der Waals surface area contributed by atoms with Gasteiger partial charge >= 0.3 is 0 Å². The Kier molecular flexibility index (Phi) is 4.68. The molecule has 0 radical (unpaired) electrons. The first-order chi connectivity index (χ1) is 7.79. The van der Waals surface area contributed by atoms with Gasteiger partial charge in [0.25, 0.3) is 10.2 Å². The number of rotatable bonds is 6. The minimum Gasteiger partial charge on any atom is -0.384 e. The third-order valence-electron chi connectivity index (χ3n) is 2.60. The maximum atomic E-state index is 11.7. The first-order valence-corrected chi connectivity index (χ1v) is 7.64. The average Bonchev–Trinajstić information content (AvgIpc) is 2.79. The van der Waals surface area contributed by atoms with Crippen LogP contribution in [0.15, 0.2) is 16.8 Å². The first kappa shape index (κ1) is 14.6. The van der Waals surface area contributed by atoms with E-state index in [1.54, 1.807) is 25.3 Å². The van der Waals surface area contributed by atoms with E-state index < -0.39 is 15.8 Å². The molecular weight excluding hydrogens is 260 g/mol. The number of nitrogens with zero attached hydrogens (tertiary/aromatic N) is 1. The predicted octanol–water partition coefficient (Wildman–Crippen LogP) is 0.742. The Morgan fingerprint density at radius 2 is 2.24 bits per heavy atom. The van der Waals surface area contributed by atoms with Crippen LogP contribution < -0.4 is 4.72 Å². The molecule has 0 bridgehead atoms. The molecule has 98 valence electrons. The standard InChI is InChI=1S/C10H18N2O3S2/c1-4-12(3)17(14,15)11-8-10(2,13)9-5-6-16-7-9/h5-7,11,13H,4,8H2,1-3H3/t10-/m1/s1. The molecule has 0 amide bonds. The van der Waals surface area contributed by atoms with E-state index in [0.29, 0.717) is 12.1 Å². The van der Waals surface area contributed by atoms with E-state index in [-0.39, 0.29) is 6.54 Å². The fraction of sp³-hybridized carbons (Fsp3) is 0.600. The lowest BCUT2D eigenvalue weighted by molar-refractivity contribution is 0.0628. The Labute approximate surface area is 106 Å². The molecule has 1 heterocycles. The summed E-state index contributed by atoms with van der Waals surface area (Å²) in [4.78, 5) is 0. The molecule has 1 aromatic rings. The zero-order valence-corrected chi connectivity index (χ0v) is 11.8. The summed E-state index contributed by atoms with van der Waals surface area (Å²) in [5.41, 5.74) is -0.480. The maximum Gasteiger partial charge on any atom is 0.279 e. The van der Waals surface area contributed by atoms with Crippen molar-refractivity contribution in [3.05, 3.63) is 22.4 Å². The van der Waals surface area contributed by atoms with Crippen LogP contribution in [0.5, 0.6) is 0 Å². The van der Waals surface area contributed by atoms with Crippen LogP contribution in [0.1, 0.15) is 19.4 Å². The lowest BCUT2D eigenvalue weighted by atomic mass is 10.0. The van der Waals surface area contributed by atoms with Gasteiger partial charge in [0, 0.05) is 20.1 Å². The van der Waals surface area contributed by atoms with Gasteiger partial charge in [-0.3, -0.25) is 0 Å². The van der Waals surface area contributed by atoms with Crippen LogP contribution in [-0.2, 0) is 15.8 Å². The first-order valence-electron chi connectivity index (χ1n) is 5.25. The van der Waals surface area contributed by atoms with E-state index in [0.717, 1.165) is 0 Å². The van der Waals surface area contributed by atoms with Gasteiger partial charge in [0.2, 0.25) is 0 Å². The van der Waals surface area contributed by atoms with Gasteiger partial charge in [0.05, 0.1) is 0 Å². The molecule has 7 heteroatoms. The molecule has 0 spiro atoms. The van der Waals surface area contributed by atoms with Gasteiger partial charge in [0.15, 0.2) is 0 Å². The van der Waals surface area contributed by atoms with E-state index in [1.807, 2.05) is 5.38 Å². The Morgan fingerprint density at radius 3 is 2.71 bits per heavy atom. The van der Waals surface area contributed by atoms with Crippen LogP contribution in [0.3, 0.4) is 0 Å². The van der Waals surface area contributed by atoms with Crippen LogP contribution >= 0.6 is 11.3 Å². The lowest BCUT2D eigenvalue weighted by Gasteiger charge is -2.24. The third-order valence-corrected chi connectivity index (χ3v) is 4.87. The number of aliphatic hydroxyl groups is 1. The second-order valence-electron chi connectivity index (χ2n) is 4.03. The smallest absolute Gasteiger partial charge is 0.279 e. The second-order valence-corrected chi connectivity index (χ2v) is 6.67. The van der Waals surface area contributed by atoms with Crippen molar-refractivity contribution < 1.29 is 13.5 Å². The number of hydrogen-bond donors (Lipinski definition) is 2. The molecule has 5 nitrogen and oxygen atoms in total. The Hall–Kier alpha value is -0.470. The van der Waals surface area contributed by atoms with E-state index in [2.05, 4.69) is 4.72 Å². The van der Waals surface area contributed by atoms with Crippen molar-refractivity contribution in [1.29, 1.82) is 0 Å². The molecule has 1 rings (SSSR count). The summed E-state index contributed by atoms with van der Waals surface area (Å²) in [6.45, 7) is 3.67. The normalized spacial score (nSPS) is 16.1. The monoisotopic (exact) mass is 278 g/mol. The molecular formula is C10H18N2O3S2. The molecule has 0 fully saturated rings. The van der Waals surface area contributed by atoms with Crippen molar-refractivity contribution in [2.24, 2.45) is 0 Å². The molecule has 1 aromatic heterocycles. The summed E-state index contributed by atoms with van der Waals surface area (Å²) in [6.07, 6.45) is 0. The topological polar surface area (TPSA) is 69.6 Å². The minimum absolute atomic E-state index is 0.0452. The predicted molar refractivity (Wildman–Crippen MR) is 69.1 cm³/mol. The van der Waals surface area contributed by atoms with E-state index in [4.69, 9.17) is 0 Å². The van der Waals surface area contributed by atoms with E-state index in [9.17, 15) is 13.5 Å². The summed E-state index contributed by atoms with van der Waals surface area (Å²) in [5.74, 6) is 0. The molecule has 0 aliphatic carbocycles. The molecule has 0 saturated carbocycles. The van der Waals surface area contributed by atoms with Crippen molar-refractivity contribution in [2.75, 3.05) is 20.1 Å². The van der Waals surface area contributed by atoms with Crippen molar-refractivity contribution >= 4 is 21.5 Å². The molecule has 17 heavy (non-hydrogen) atoms. The maximum absolute atomic E-state index is 11.7. The van der Waals surface area contributed by atoms with Gasteiger partial charge in [-0.15, -0.1) is 0 Å². The zero-order chi connectivity index (χ0) is 13.1. The summed E-state index contributed by atoms with van der Waals surface area (Å²) in [5, 5.41) is 13.8. The SMILES string of the molecule is CCN(C)S(=O)(=O)NC[C@@](C)(O)c1ccsc1. The van der Waals surface area contributed by atoms with Crippen molar-refractivity contribution in [2.45, 2.75) is 19.4 Å². The zero-order valence-electron chi connectivity index (χ0n) is 10.2. The highest BCUT2D eigenvalue weighted by Gasteiger charge is 2.26. The molecule has 0 saturated heterocycles. The highest BCUT2D eigenvalue weighted by molar-refractivity contribution is 7.87. The van der Waals surface area contributed by atoms with Gasteiger partial charge in [0.1, 0.15) is 5.60 Å². The fourth-order valence-electron chi connectivity index (χ4n) is 1.18. The van der Waals surface area contributed by atoms with Crippen LogP contribution in [0.25, 0.3) is 0 Å². The van der Waals surface area contributed by atoms with Gasteiger partial charge < -0.3 is 5.11 Å². The molecule has 1 atom stereocenters. The summed E-state index contributed by atoms with van der Waals surface area (Å²) in [7, 11) is -2.02. The van der Waals surface area contributed by atoms with E-state index >= 15 is 0 Å². The van der Waals surface area contributed by atoms with Gasteiger partial charge in [-0.2, -0.15) is 28.8 Å². The van der Waals surface area contributed by atoms with E-state index in [1.165, 1.54) is 22.7 Å². The third kappa shape index (κ3) is 3.75.